The summed E-state index contributed by atoms with van der Waals surface area (Å²) < 4.78 is 14.9. The van der Waals surface area contributed by atoms with E-state index in [0.29, 0.717) is 13.0 Å². The molecule has 0 radical (unpaired) electrons. The van der Waals surface area contributed by atoms with Crippen LogP contribution in [-0.2, 0) is 11.3 Å². The maximum atomic E-state index is 13.5. The molecule has 1 aromatic carbocycles. The number of nitrogens with zero attached hydrogens (tertiary/aromatic N) is 1. The first-order chi connectivity index (χ1) is 9.88. The summed E-state index contributed by atoms with van der Waals surface area (Å²) in [6.45, 7) is 0.490. The van der Waals surface area contributed by atoms with Gasteiger partial charge in [0.1, 0.15) is 0 Å². The van der Waals surface area contributed by atoms with Gasteiger partial charge in [-0.05, 0) is 0 Å². The predicted molar refractivity (Wildman–Crippen MR) is 87.1 cm³/mol. The molecule has 1 heterocycles. The van der Waals surface area contributed by atoms with Crippen LogP contribution in [0.25, 0.3) is 0 Å². The van der Waals surface area contributed by atoms with Gasteiger partial charge in [-0.15, -0.1) is 0 Å². The Morgan fingerprint density at radius 1 is 1.29 bits per heavy atom. The zero-order chi connectivity index (χ0) is 15.5. The van der Waals surface area contributed by atoms with Crippen molar-refractivity contribution in [1.82, 2.24) is 5.06 Å². The number of hydrogen-bond acceptors (Lipinski definition) is 3. The molecule has 114 valence electrons. The molecule has 1 unspecified atom stereocenters. The van der Waals surface area contributed by atoms with E-state index in [9.17, 15) is 4.39 Å². The Kier molecular flexibility index (Phi) is 5.46. The molecule has 0 spiro atoms. The molecule has 1 aliphatic rings. The molecule has 21 heavy (non-hydrogen) atoms. The van der Waals surface area contributed by atoms with Gasteiger partial charge in [0, 0.05) is 0 Å². The fourth-order valence-electron chi connectivity index (χ4n) is 2.39. The maximum absolute atomic E-state index is 13.5. The number of hydroxylamine groups is 2. The Labute approximate surface area is 130 Å². The molecule has 0 aliphatic carbocycles. The molecular weight excluding hydrogens is 374 g/mol. The van der Waals surface area contributed by atoms with Gasteiger partial charge in [0.25, 0.3) is 0 Å². The second-order valence-corrected chi connectivity index (χ2v) is 20.6. The van der Waals surface area contributed by atoms with Crippen LogP contribution in [0.2, 0.25) is 14.8 Å². The van der Waals surface area contributed by atoms with Crippen LogP contribution in [0, 0.1) is 5.82 Å². The van der Waals surface area contributed by atoms with Crippen LogP contribution in [0.1, 0.15) is 5.56 Å². The van der Waals surface area contributed by atoms with Crippen molar-refractivity contribution < 1.29 is 9.23 Å². The average molecular weight is 397 g/mol. The van der Waals surface area contributed by atoms with Gasteiger partial charge in [0.2, 0.25) is 0 Å². The summed E-state index contributed by atoms with van der Waals surface area (Å²) in [6, 6.07) is 5.17. The number of hydrogen-bond donors (Lipinski definition) is 1. The summed E-state index contributed by atoms with van der Waals surface area (Å²) >= 11 is -2.24. The molecule has 1 atom stereocenters. The van der Waals surface area contributed by atoms with Crippen molar-refractivity contribution in [2.75, 3.05) is 6.61 Å². The summed E-state index contributed by atoms with van der Waals surface area (Å²) in [4.78, 5) is 12.7. The number of benzene rings is 1. The van der Waals surface area contributed by atoms with E-state index < -0.39 is 18.4 Å². The normalized spacial score (nSPS) is 18.3. The van der Waals surface area contributed by atoms with E-state index >= 15 is 0 Å². The first-order valence-corrected chi connectivity index (χ1v) is 17.2. The Morgan fingerprint density at radius 2 is 2.05 bits per heavy atom. The Balaban J connectivity index is 2.01. The summed E-state index contributed by atoms with van der Waals surface area (Å²) in [5.74, 6) is -0.179. The molecule has 3 nitrogen and oxygen atoms in total. The van der Waals surface area contributed by atoms with Crippen molar-refractivity contribution in [3.05, 3.63) is 54.0 Å². The van der Waals surface area contributed by atoms with Crippen molar-refractivity contribution in [2.24, 2.45) is 5.73 Å². The molecule has 0 fully saturated rings. The van der Waals surface area contributed by atoms with E-state index in [0.717, 1.165) is 5.56 Å². The zero-order valence-electron chi connectivity index (χ0n) is 12.8. The molecule has 0 bridgehead atoms. The molecule has 2 N–H and O–H groups in total. The van der Waals surface area contributed by atoms with Crippen molar-refractivity contribution >= 4 is 22.0 Å². The average Bonchev–Trinajstić information content (AvgIpc) is 2.39. The van der Waals surface area contributed by atoms with E-state index in [1.807, 2.05) is 24.3 Å². The third kappa shape index (κ3) is 4.56. The minimum absolute atomic E-state index is 0.179. The van der Waals surface area contributed by atoms with Crippen LogP contribution in [-0.4, -0.2) is 36.2 Å². The second-order valence-electron chi connectivity index (χ2n) is 6.21. The van der Waals surface area contributed by atoms with Crippen LogP contribution in [0.5, 0.6) is 0 Å². The van der Waals surface area contributed by atoms with Gasteiger partial charge in [-0.25, -0.2) is 0 Å². The zero-order valence-corrected chi connectivity index (χ0v) is 15.7. The molecule has 0 saturated heterocycles. The summed E-state index contributed by atoms with van der Waals surface area (Å²) in [7, 11) is 0. The number of allylic oxidation sites excluding steroid dienone is 2. The van der Waals surface area contributed by atoms with Gasteiger partial charge in [0.05, 0.1) is 0 Å². The predicted octanol–water partition coefficient (Wildman–Crippen LogP) is 2.52. The van der Waals surface area contributed by atoms with Gasteiger partial charge < -0.3 is 0 Å². The van der Waals surface area contributed by atoms with Gasteiger partial charge >= 0.3 is 130 Å². The fraction of sp³-hybridized carbons (Fsp3) is 0.375. The van der Waals surface area contributed by atoms with Gasteiger partial charge in [-0.1, -0.05) is 0 Å². The second kappa shape index (κ2) is 6.94. The standard InChI is InChI=1S/C13H14FN2O.3CH3.Sn/c14-12-5-3-4-11(10-12)7-9-17-16-8-2-1-6-13(16)15;;;;/h1-3,5-6,8,10,13H,7,9,15H2;3*1H3;. The number of halogens is 1. The third-order valence-electron chi connectivity index (χ3n) is 3.43. The molecule has 5 heteroatoms. The Morgan fingerprint density at radius 3 is 2.71 bits per heavy atom. The van der Waals surface area contributed by atoms with Crippen molar-refractivity contribution in [3.63, 3.8) is 0 Å². The molecule has 0 aromatic heterocycles. The van der Waals surface area contributed by atoms with Crippen molar-refractivity contribution in [2.45, 2.75) is 27.4 Å². The molecule has 1 aromatic rings. The van der Waals surface area contributed by atoms with E-state index in [1.165, 1.54) is 3.58 Å². The van der Waals surface area contributed by atoms with E-state index in [2.05, 4.69) is 14.8 Å². The molecule has 1 aliphatic heterocycles. The van der Waals surface area contributed by atoms with Crippen LogP contribution >= 0.6 is 0 Å². The van der Waals surface area contributed by atoms with Crippen molar-refractivity contribution in [1.29, 1.82) is 0 Å². The summed E-state index contributed by atoms with van der Waals surface area (Å²) in [5, 5.41) is 1.62. The van der Waals surface area contributed by atoms with E-state index in [4.69, 9.17) is 10.6 Å². The van der Waals surface area contributed by atoms with Gasteiger partial charge in [-0.2, -0.15) is 0 Å². The quantitative estimate of drug-likeness (QED) is 0.777. The van der Waals surface area contributed by atoms with Crippen molar-refractivity contribution in [3.8, 4) is 0 Å². The fourth-order valence-corrected chi connectivity index (χ4v) is 7.36. The van der Waals surface area contributed by atoms with Crippen LogP contribution < -0.4 is 9.31 Å². The summed E-state index contributed by atoms with van der Waals surface area (Å²) in [5.41, 5.74) is 6.97. The van der Waals surface area contributed by atoms with Crippen LogP contribution in [0.15, 0.2) is 42.6 Å². The van der Waals surface area contributed by atoms with E-state index in [-0.39, 0.29) is 12.0 Å². The minimum atomic E-state index is -2.24. The van der Waals surface area contributed by atoms with Gasteiger partial charge in [0.15, 0.2) is 0 Å². The van der Waals surface area contributed by atoms with Crippen LogP contribution in [0.4, 0.5) is 4.39 Å². The first kappa shape index (κ1) is 16.5. The summed E-state index contributed by atoms with van der Waals surface area (Å²) in [6.07, 6.45) is 7.87. The Bertz CT molecular complexity index is 552. The Hall–Kier alpha value is -0.851. The third-order valence-corrected chi connectivity index (χ3v) is 9.44. The van der Waals surface area contributed by atoms with Gasteiger partial charge in [-0.3, -0.25) is 0 Å². The number of nitrogens with two attached hydrogens (primary N) is 1. The number of rotatable bonds is 5. The molecule has 2 rings (SSSR count). The topological polar surface area (TPSA) is 38.5 Å². The SMILES string of the molecule is [CH3][Sn]([CH3])([CH3])[c]1ccc(F)cc1CCON1C=CC=CC1N. The monoisotopic (exact) mass is 398 g/mol. The molecule has 0 amide bonds. The van der Waals surface area contributed by atoms with E-state index in [1.54, 1.807) is 23.4 Å². The molecule has 0 saturated carbocycles. The van der Waals surface area contributed by atoms with Crippen LogP contribution in [0.3, 0.4) is 0 Å². The first-order valence-electron chi connectivity index (χ1n) is 7.18. The molecular formula is C16H23FN2OSn.